The van der Waals surface area contributed by atoms with Gasteiger partial charge in [0.05, 0.1) is 11.8 Å². The number of likely N-dealkylation sites (tertiary alicyclic amines) is 1. The van der Waals surface area contributed by atoms with Crippen molar-refractivity contribution in [2.45, 2.75) is 19.8 Å². The largest absolute Gasteiger partial charge is 0.290 e. The van der Waals surface area contributed by atoms with Crippen molar-refractivity contribution >= 4 is 23.4 Å². The summed E-state index contributed by atoms with van der Waals surface area (Å²) in [6.07, 6.45) is 6.38. The van der Waals surface area contributed by atoms with E-state index in [1.54, 1.807) is 17.0 Å². The Hall–Kier alpha value is -3.21. The quantitative estimate of drug-likeness (QED) is 0.538. The topological polar surface area (TPSA) is 57.7 Å². The van der Waals surface area contributed by atoms with E-state index in [0.717, 1.165) is 12.8 Å². The molecule has 0 spiro atoms. The van der Waals surface area contributed by atoms with Gasteiger partial charge in [-0.25, -0.2) is 0 Å². The van der Waals surface area contributed by atoms with Crippen LogP contribution in [-0.4, -0.2) is 29.3 Å². The highest BCUT2D eigenvalue weighted by molar-refractivity contribution is 6.09. The molecule has 2 saturated carbocycles. The minimum atomic E-state index is -0.252. The Morgan fingerprint density at radius 2 is 1.50 bits per heavy atom. The monoisotopic (exact) mass is 426 g/mol. The van der Waals surface area contributed by atoms with Gasteiger partial charge in [-0.05, 0) is 66.3 Å². The number of carbonyl (C=O) groups excluding carboxylic acids is 3. The summed E-state index contributed by atoms with van der Waals surface area (Å²) in [6.45, 7) is 2.04. The molecule has 3 amide bonds. The van der Waals surface area contributed by atoms with E-state index < -0.39 is 0 Å². The molecule has 0 N–H and O–H groups in total. The summed E-state index contributed by atoms with van der Waals surface area (Å²) in [5, 5.41) is 0. The van der Waals surface area contributed by atoms with Gasteiger partial charge in [0.1, 0.15) is 6.67 Å². The van der Waals surface area contributed by atoms with E-state index in [1.807, 2.05) is 42.5 Å². The molecule has 1 saturated heterocycles. The third-order valence-corrected chi connectivity index (χ3v) is 7.96. The summed E-state index contributed by atoms with van der Waals surface area (Å²) in [7, 11) is 0. The zero-order chi connectivity index (χ0) is 22.0. The van der Waals surface area contributed by atoms with Crippen LogP contribution in [0.1, 0.15) is 29.3 Å². The summed E-state index contributed by atoms with van der Waals surface area (Å²) in [5.74, 6) is 0.542. The number of aryl methyl sites for hydroxylation is 1. The van der Waals surface area contributed by atoms with Gasteiger partial charge in [0.2, 0.25) is 11.8 Å². The summed E-state index contributed by atoms with van der Waals surface area (Å²) in [5.41, 5.74) is 2.39. The van der Waals surface area contributed by atoms with E-state index in [0.29, 0.717) is 23.1 Å². The van der Waals surface area contributed by atoms with Crippen molar-refractivity contribution in [3.63, 3.8) is 0 Å². The first-order valence-corrected chi connectivity index (χ1v) is 11.6. The molecule has 5 aliphatic rings. The second-order valence-electron chi connectivity index (χ2n) is 9.52. The van der Waals surface area contributed by atoms with Crippen LogP contribution in [0.15, 0.2) is 66.7 Å². The Bertz CT molecular complexity index is 1090. The highest BCUT2D eigenvalue weighted by Gasteiger charge is 2.67. The lowest BCUT2D eigenvalue weighted by atomic mass is 9.63. The maximum absolute atomic E-state index is 13.5. The molecule has 2 bridgehead atoms. The fraction of sp³-hybridized carbons (Fsp3) is 0.370. The summed E-state index contributed by atoms with van der Waals surface area (Å²) in [4.78, 5) is 43.3. The van der Waals surface area contributed by atoms with Crippen LogP contribution in [0.5, 0.6) is 0 Å². The van der Waals surface area contributed by atoms with Crippen molar-refractivity contribution in [2.75, 3.05) is 11.6 Å². The molecule has 3 fully saturated rings. The van der Waals surface area contributed by atoms with Gasteiger partial charge in [-0.3, -0.25) is 24.2 Å². The molecule has 1 heterocycles. The van der Waals surface area contributed by atoms with Crippen molar-refractivity contribution in [1.29, 1.82) is 0 Å². The molecule has 5 heteroatoms. The van der Waals surface area contributed by atoms with Gasteiger partial charge < -0.3 is 0 Å². The van der Waals surface area contributed by atoms with Crippen LogP contribution in [0.3, 0.4) is 0 Å². The fourth-order valence-corrected chi connectivity index (χ4v) is 6.21. The second kappa shape index (κ2) is 7.16. The first-order chi connectivity index (χ1) is 15.6. The average Bonchev–Trinajstić information content (AvgIpc) is 3.63. The van der Waals surface area contributed by atoms with Gasteiger partial charge in [-0.1, -0.05) is 49.4 Å². The molecule has 0 radical (unpaired) electrons. The second-order valence-corrected chi connectivity index (χ2v) is 9.52. The number of nitrogens with zero attached hydrogens (tertiary/aromatic N) is 2. The number of allylic oxidation sites excluding steroid dienone is 2. The highest BCUT2D eigenvalue weighted by Crippen LogP contribution is 2.65. The molecule has 6 atom stereocenters. The Morgan fingerprint density at radius 3 is 2.06 bits per heavy atom. The third-order valence-electron chi connectivity index (χ3n) is 7.96. The van der Waals surface area contributed by atoms with Gasteiger partial charge >= 0.3 is 0 Å². The number of hydrogen-bond donors (Lipinski definition) is 0. The lowest BCUT2D eigenvalue weighted by Crippen LogP contribution is -2.45. The van der Waals surface area contributed by atoms with Crippen LogP contribution in [0.25, 0.3) is 0 Å². The lowest BCUT2D eigenvalue weighted by molar-refractivity contribution is -0.140. The predicted molar refractivity (Wildman–Crippen MR) is 120 cm³/mol. The summed E-state index contributed by atoms with van der Waals surface area (Å²) < 4.78 is 0. The minimum Gasteiger partial charge on any atom is -0.290 e. The van der Waals surface area contributed by atoms with E-state index in [4.69, 9.17) is 0 Å². The third kappa shape index (κ3) is 2.80. The number of carbonyl (C=O) groups is 3. The van der Waals surface area contributed by atoms with Crippen LogP contribution in [0, 0.1) is 35.5 Å². The number of benzene rings is 2. The van der Waals surface area contributed by atoms with Crippen molar-refractivity contribution in [3.8, 4) is 0 Å². The van der Waals surface area contributed by atoms with Crippen LogP contribution in [-0.2, 0) is 16.0 Å². The van der Waals surface area contributed by atoms with E-state index in [-0.39, 0.29) is 48.1 Å². The Balaban J connectivity index is 1.33. The summed E-state index contributed by atoms with van der Waals surface area (Å²) in [6, 6.07) is 16.8. The maximum atomic E-state index is 13.5. The van der Waals surface area contributed by atoms with Gasteiger partial charge in [-0.15, -0.1) is 0 Å². The Labute approximate surface area is 187 Å². The first-order valence-electron chi connectivity index (χ1n) is 11.6. The minimum absolute atomic E-state index is 0.0430. The number of amides is 3. The normalized spacial score (nSPS) is 31.5. The summed E-state index contributed by atoms with van der Waals surface area (Å²) >= 11 is 0. The molecule has 32 heavy (non-hydrogen) atoms. The van der Waals surface area contributed by atoms with Crippen molar-refractivity contribution in [2.24, 2.45) is 35.5 Å². The molecule has 7 rings (SSSR count). The molecule has 0 aromatic heterocycles. The van der Waals surface area contributed by atoms with Crippen molar-refractivity contribution in [3.05, 3.63) is 77.9 Å². The number of hydrogen-bond acceptors (Lipinski definition) is 3. The van der Waals surface area contributed by atoms with Gasteiger partial charge in [0.25, 0.3) is 5.91 Å². The van der Waals surface area contributed by atoms with Crippen molar-refractivity contribution in [1.82, 2.24) is 4.90 Å². The standard InChI is InChI=1S/C27H26N2O3/c1-2-16-8-10-18(11-9-16)28(25(30)17-6-4-3-5-7-17)15-29-26(31)23-19-12-13-20(22-14-21(19)22)24(23)27(29)32/h3-13,19-24H,2,14-15H2,1H3. The molecular weight excluding hydrogens is 400 g/mol. The Morgan fingerprint density at radius 1 is 0.906 bits per heavy atom. The predicted octanol–water partition coefficient (Wildman–Crippen LogP) is 3.91. The van der Waals surface area contributed by atoms with Gasteiger partial charge in [-0.2, -0.15) is 0 Å². The van der Waals surface area contributed by atoms with E-state index in [2.05, 4.69) is 19.1 Å². The zero-order valence-corrected chi connectivity index (χ0v) is 18.1. The molecule has 6 unspecified atom stereocenters. The molecule has 162 valence electrons. The van der Waals surface area contributed by atoms with Crippen LogP contribution in [0.4, 0.5) is 5.69 Å². The number of anilines is 1. The van der Waals surface area contributed by atoms with E-state index in [1.165, 1.54) is 10.5 Å². The van der Waals surface area contributed by atoms with Gasteiger partial charge in [0, 0.05) is 11.3 Å². The average molecular weight is 427 g/mol. The molecule has 5 nitrogen and oxygen atoms in total. The SMILES string of the molecule is CCc1ccc(N(CN2C(=O)C3C4C=CC(C5CC45)C3C2=O)C(=O)c2ccccc2)cc1. The van der Waals surface area contributed by atoms with Crippen LogP contribution in [0.2, 0.25) is 0 Å². The highest BCUT2D eigenvalue weighted by atomic mass is 16.2. The smallest absolute Gasteiger partial charge is 0.259 e. The zero-order valence-electron chi connectivity index (χ0n) is 18.1. The molecule has 2 aromatic rings. The molecule has 4 aliphatic carbocycles. The molecular formula is C27H26N2O3. The fourth-order valence-electron chi connectivity index (χ4n) is 6.21. The van der Waals surface area contributed by atoms with Crippen LogP contribution >= 0.6 is 0 Å². The van der Waals surface area contributed by atoms with Crippen LogP contribution < -0.4 is 4.90 Å². The van der Waals surface area contributed by atoms with E-state index in [9.17, 15) is 14.4 Å². The Kier molecular flexibility index (Phi) is 4.36. The van der Waals surface area contributed by atoms with Crippen molar-refractivity contribution < 1.29 is 14.4 Å². The molecule has 1 aliphatic heterocycles. The number of rotatable bonds is 5. The lowest BCUT2D eigenvalue weighted by Gasteiger charge is -2.37. The van der Waals surface area contributed by atoms with Gasteiger partial charge in [0.15, 0.2) is 0 Å². The molecule has 2 aromatic carbocycles. The van der Waals surface area contributed by atoms with E-state index >= 15 is 0 Å². The first kappa shape index (κ1) is 19.5. The number of imide groups is 1. The maximum Gasteiger partial charge on any atom is 0.259 e.